The maximum Gasteiger partial charge on any atom is 0.255 e. The zero-order valence-electron chi connectivity index (χ0n) is 21.4. The van der Waals surface area contributed by atoms with Gasteiger partial charge in [-0.1, -0.05) is 35.5 Å². The minimum Gasteiger partial charge on any atom is -0.388 e. The second-order valence-electron chi connectivity index (χ2n) is 10.6. The maximum atomic E-state index is 13.5. The molecule has 1 saturated heterocycles. The summed E-state index contributed by atoms with van der Waals surface area (Å²) in [6.45, 7) is 4.75. The lowest BCUT2D eigenvalue weighted by Gasteiger charge is -2.31. The average molecular weight is 517 g/mol. The second-order valence-corrected chi connectivity index (χ2v) is 10.6. The van der Waals surface area contributed by atoms with Crippen LogP contribution in [0.25, 0.3) is 11.0 Å². The number of carbonyl (C=O) groups is 1. The lowest BCUT2D eigenvalue weighted by molar-refractivity contribution is 0.0735. The van der Waals surface area contributed by atoms with Crippen LogP contribution in [0.1, 0.15) is 64.9 Å². The largest absolute Gasteiger partial charge is 0.388 e. The number of benzene rings is 2. The number of aliphatic hydroxyl groups is 1. The molecule has 0 aliphatic carbocycles. The molecule has 1 atom stereocenters. The molecule has 1 N–H and O–H groups in total. The van der Waals surface area contributed by atoms with Gasteiger partial charge in [0.1, 0.15) is 5.82 Å². The fraction of sp³-hybridized carbons (Fsp3) is 0.400. The number of hydrogen-bond donors (Lipinski definition) is 1. The van der Waals surface area contributed by atoms with Crippen molar-refractivity contribution >= 4 is 16.9 Å². The maximum absolute atomic E-state index is 13.5. The van der Waals surface area contributed by atoms with Crippen LogP contribution >= 0.6 is 0 Å². The topological polar surface area (TPSA) is 74.7 Å². The first-order valence-corrected chi connectivity index (χ1v) is 13.5. The van der Waals surface area contributed by atoms with Crippen molar-refractivity contribution < 1.29 is 18.8 Å². The van der Waals surface area contributed by atoms with E-state index in [1.54, 1.807) is 6.07 Å². The Labute approximate surface area is 221 Å². The number of nitrogens with zero attached hydrogens (tertiary/aromatic N) is 4. The SMILES string of the molecule is O=C1c2cn(Cc3ccccc3)cc2C(O)CCN1CCCN1CCC(c2noc3cc(F)ccc23)CC1. The quantitative estimate of drug-likeness (QED) is 0.376. The van der Waals surface area contributed by atoms with Gasteiger partial charge in [0.2, 0.25) is 0 Å². The lowest BCUT2D eigenvalue weighted by Crippen LogP contribution is -2.37. The molecule has 38 heavy (non-hydrogen) atoms. The van der Waals surface area contributed by atoms with Gasteiger partial charge in [-0.15, -0.1) is 0 Å². The van der Waals surface area contributed by atoms with Crippen molar-refractivity contribution in [2.75, 3.05) is 32.7 Å². The highest BCUT2D eigenvalue weighted by Gasteiger charge is 2.29. The van der Waals surface area contributed by atoms with Crippen molar-refractivity contribution in [3.8, 4) is 0 Å². The fourth-order valence-corrected chi connectivity index (χ4v) is 5.91. The number of aromatic nitrogens is 2. The van der Waals surface area contributed by atoms with Gasteiger partial charge in [0.15, 0.2) is 5.58 Å². The number of aliphatic hydroxyl groups excluding tert-OH is 1. The molecule has 1 fully saturated rings. The van der Waals surface area contributed by atoms with Crippen LogP contribution in [0.2, 0.25) is 0 Å². The van der Waals surface area contributed by atoms with Crippen LogP contribution in [-0.2, 0) is 6.54 Å². The van der Waals surface area contributed by atoms with Crippen molar-refractivity contribution in [3.63, 3.8) is 0 Å². The van der Waals surface area contributed by atoms with Gasteiger partial charge in [-0.2, -0.15) is 0 Å². The smallest absolute Gasteiger partial charge is 0.255 e. The third-order valence-electron chi connectivity index (χ3n) is 8.01. The standard InChI is InChI=1S/C30H33FN4O3/c31-23-7-8-24-28(17-23)38-32-29(24)22-9-14-33(15-10-22)12-4-13-35-16-11-27(36)25-19-34(20-26(25)30(35)37)18-21-5-2-1-3-6-21/h1-3,5-8,17,19-20,22,27,36H,4,9-16,18H2. The molecule has 0 bridgehead atoms. The Bertz CT molecular complexity index is 1410. The summed E-state index contributed by atoms with van der Waals surface area (Å²) in [5, 5.41) is 15.9. The van der Waals surface area contributed by atoms with Crippen LogP contribution in [0, 0.1) is 5.82 Å². The van der Waals surface area contributed by atoms with Crippen LogP contribution in [0.15, 0.2) is 65.4 Å². The highest BCUT2D eigenvalue weighted by molar-refractivity contribution is 5.96. The summed E-state index contributed by atoms with van der Waals surface area (Å²) in [6, 6.07) is 14.7. The predicted molar refractivity (Wildman–Crippen MR) is 142 cm³/mol. The lowest BCUT2D eigenvalue weighted by atomic mass is 9.91. The van der Waals surface area contributed by atoms with E-state index in [9.17, 15) is 14.3 Å². The van der Waals surface area contributed by atoms with Gasteiger partial charge in [0.05, 0.1) is 17.4 Å². The van der Waals surface area contributed by atoms with E-state index in [-0.39, 0.29) is 11.7 Å². The molecule has 0 radical (unpaired) electrons. The zero-order chi connectivity index (χ0) is 26.1. The molecular weight excluding hydrogens is 483 g/mol. The number of fused-ring (bicyclic) bond motifs is 2. The molecule has 4 aromatic rings. The summed E-state index contributed by atoms with van der Waals surface area (Å²) >= 11 is 0. The molecule has 0 saturated carbocycles. The summed E-state index contributed by atoms with van der Waals surface area (Å²) in [4.78, 5) is 17.7. The molecule has 8 heteroatoms. The van der Waals surface area contributed by atoms with E-state index in [0.29, 0.717) is 43.1 Å². The number of hydrogen-bond acceptors (Lipinski definition) is 5. The number of likely N-dealkylation sites (tertiary alicyclic amines) is 1. The Morgan fingerprint density at radius 3 is 2.63 bits per heavy atom. The molecule has 2 aliphatic heterocycles. The Kier molecular flexibility index (Phi) is 7.00. The number of amides is 1. The molecule has 2 aromatic heterocycles. The van der Waals surface area contributed by atoms with Crippen molar-refractivity contribution in [1.82, 2.24) is 19.5 Å². The number of carbonyl (C=O) groups excluding carboxylic acids is 1. The van der Waals surface area contributed by atoms with Crippen LogP contribution in [0.4, 0.5) is 4.39 Å². The molecule has 4 heterocycles. The number of halogens is 1. The average Bonchev–Trinajstić information content (AvgIpc) is 3.52. The summed E-state index contributed by atoms with van der Waals surface area (Å²) < 4.78 is 20.8. The Hall–Kier alpha value is -3.49. The minimum atomic E-state index is -0.626. The summed E-state index contributed by atoms with van der Waals surface area (Å²) in [7, 11) is 0. The van der Waals surface area contributed by atoms with Gasteiger partial charge in [-0.05, 0) is 63.0 Å². The van der Waals surface area contributed by atoms with Crippen molar-refractivity contribution in [1.29, 1.82) is 0 Å². The molecule has 2 aliphatic rings. The van der Waals surface area contributed by atoms with Gasteiger partial charge in [-0.3, -0.25) is 4.79 Å². The van der Waals surface area contributed by atoms with Gasteiger partial charge >= 0.3 is 0 Å². The Morgan fingerprint density at radius 2 is 1.82 bits per heavy atom. The zero-order valence-corrected chi connectivity index (χ0v) is 21.4. The Balaban J connectivity index is 1.03. The van der Waals surface area contributed by atoms with E-state index in [1.165, 1.54) is 12.1 Å². The molecule has 7 nitrogen and oxygen atoms in total. The highest BCUT2D eigenvalue weighted by atomic mass is 19.1. The van der Waals surface area contributed by atoms with Crippen LogP contribution < -0.4 is 0 Å². The van der Waals surface area contributed by atoms with E-state index in [4.69, 9.17) is 4.52 Å². The van der Waals surface area contributed by atoms with Crippen LogP contribution in [0.5, 0.6) is 0 Å². The molecule has 1 unspecified atom stereocenters. The summed E-state index contributed by atoms with van der Waals surface area (Å²) in [5.41, 5.74) is 3.95. The molecular formula is C30H33FN4O3. The predicted octanol–water partition coefficient (Wildman–Crippen LogP) is 4.97. The third kappa shape index (κ3) is 5.11. The third-order valence-corrected chi connectivity index (χ3v) is 8.01. The molecule has 2 aromatic carbocycles. The normalized spacial score (nSPS) is 19.2. The monoisotopic (exact) mass is 516 g/mol. The molecule has 6 rings (SSSR count). The highest BCUT2D eigenvalue weighted by Crippen LogP contribution is 2.33. The number of rotatable bonds is 7. The van der Waals surface area contributed by atoms with Gasteiger partial charge in [0.25, 0.3) is 5.91 Å². The van der Waals surface area contributed by atoms with E-state index in [0.717, 1.165) is 61.1 Å². The molecule has 1 amide bonds. The van der Waals surface area contributed by atoms with Gasteiger partial charge in [0, 0.05) is 55.0 Å². The minimum absolute atomic E-state index is 0.0106. The second kappa shape index (κ2) is 10.7. The molecule has 198 valence electrons. The first-order valence-electron chi connectivity index (χ1n) is 13.5. The van der Waals surface area contributed by atoms with E-state index in [2.05, 4.69) is 22.2 Å². The Morgan fingerprint density at radius 1 is 1.00 bits per heavy atom. The van der Waals surface area contributed by atoms with E-state index < -0.39 is 6.10 Å². The first-order chi connectivity index (χ1) is 18.5. The number of piperidine rings is 1. The first kappa shape index (κ1) is 24.8. The fourth-order valence-electron chi connectivity index (χ4n) is 5.91. The van der Waals surface area contributed by atoms with Crippen molar-refractivity contribution in [2.45, 2.75) is 44.2 Å². The van der Waals surface area contributed by atoms with E-state index >= 15 is 0 Å². The van der Waals surface area contributed by atoms with E-state index in [1.807, 2.05) is 40.1 Å². The molecule has 0 spiro atoms. The van der Waals surface area contributed by atoms with Crippen molar-refractivity contribution in [3.05, 3.63) is 89.1 Å². The van der Waals surface area contributed by atoms with Crippen molar-refractivity contribution in [2.24, 2.45) is 0 Å². The summed E-state index contributed by atoms with van der Waals surface area (Å²) in [6.07, 6.45) is 6.58. The van der Waals surface area contributed by atoms with Crippen LogP contribution in [-0.4, -0.2) is 63.3 Å². The summed E-state index contributed by atoms with van der Waals surface area (Å²) in [5.74, 6) is 0.00907. The van der Waals surface area contributed by atoms with Gasteiger partial charge in [-0.25, -0.2) is 4.39 Å². The van der Waals surface area contributed by atoms with Gasteiger partial charge < -0.3 is 24.0 Å². The van der Waals surface area contributed by atoms with Crippen LogP contribution in [0.3, 0.4) is 0 Å².